The van der Waals surface area contributed by atoms with Gasteiger partial charge >= 0.3 is 0 Å². The Kier molecular flexibility index (Phi) is 6.38. The Bertz CT molecular complexity index is 2030. The second-order valence-corrected chi connectivity index (χ2v) is 12.7. The summed E-state index contributed by atoms with van der Waals surface area (Å²) in [5.41, 5.74) is 3.55. The van der Waals surface area contributed by atoms with Gasteiger partial charge in [-0.25, -0.2) is 8.42 Å². The molecule has 0 amide bonds. The van der Waals surface area contributed by atoms with Crippen molar-refractivity contribution in [2.75, 3.05) is 0 Å². The number of benzene rings is 6. The first-order valence-corrected chi connectivity index (χ1v) is 15.6. The van der Waals surface area contributed by atoms with E-state index in [2.05, 4.69) is 60.7 Å². The first-order valence-electron chi connectivity index (χ1n) is 13.3. The van der Waals surface area contributed by atoms with Crippen molar-refractivity contribution in [2.45, 2.75) is 9.79 Å². The normalized spacial score (nSPS) is 12.8. The first kappa shape index (κ1) is 25.3. The molecule has 41 heavy (non-hydrogen) atoms. The third-order valence-electron chi connectivity index (χ3n) is 7.21. The second-order valence-electron chi connectivity index (χ2n) is 9.68. The van der Waals surface area contributed by atoms with E-state index < -0.39 is 9.84 Å². The molecule has 0 saturated carbocycles. The number of para-hydroxylation sites is 2. The summed E-state index contributed by atoms with van der Waals surface area (Å²) in [6, 6.07) is 47.6. The predicted molar refractivity (Wildman–Crippen MR) is 170 cm³/mol. The van der Waals surface area contributed by atoms with Crippen molar-refractivity contribution in [3.05, 3.63) is 146 Å². The molecule has 1 aliphatic rings. The van der Waals surface area contributed by atoms with E-state index in [9.17, 15) is 8.42 Å². The van der Waals surface area contributed by atoms with E-state index in [1.807, 2.05) is 72.0 Å². The summed E-state index contributed by atoms with van der Waals surface area (Å²) in [5.74, 6) is 0. The Labute approximate surface area is 241 Å². The van der Waals surface area contributed by atoms with Crippen LogP contribution in [0.15, 0.2) is 160 Å². The van der Waals surface area contributed by atoms with Crippen LogP contribution in [0.2, 0.25) is 0 Å². The summed E-state index contributed by atoms with van der Waals surface area (Å²) in [5, 5.41) is 5.14. The van der Waals surface area contributed by atoms with Gasteiger partial charge in [0, 0.05) is 42.1 Å². The third-order valence-corrected chi connectivity index (χ3v) is 10.2. The summed E-state index contributed by atoms with van der Waals surface area (Å²) in [6.45, 7) is 0. The Morgan fingerprint density at radius 1 is 0.415 bits per heavy atom. The van der Waals surface area contributed by atoms with E-state index in [0.29, 0.717) is 9.79 Å². The lowest BCUT2D eigenvalue weighted by atomic mass is 10.1. The number of fused-ring (bicyclic) bond motifs is 9. The highest BCUT2D eigenvalue weighted by molar-refractivity contribution is 7.92. The van der Waals surface area contributed by atoms with Crippen LogP contribution in [0.3, 0.4) is 0 Å². The molecule has 198 valence electrons. The molecule has 3 nitrogen and oxygen atoms in total. The maximum atomic E-state index is 12.1. The van der Waals surface area contributed by atoms with Crippen molar-refractivity contribution >= 4 is 63.3 Å². The SMILES string of the molecule is O=S1(=O)c2ccccc2-c2ccccc21.c1ccc2c(c1)oc1ccccc12.c1ccc2c(c1)sc1ccccc12. The fourth-order valence-electron chi connectivity index (χ4n) is 5.31. The molecule has 0 bridgehead atoms. The Morgan fingerprint density at radius 2 is 0.780 bits per heavy atom. The van der Waals surface area contributed by atoms with Crippen molar-refractivity contribution in [1.29, 1.82) is 0 Å². The largest absolute Gasteiger partial charge is 0.456 e. The van der Waals surface area contributed by atoms with Crippen LogP contribution in [0.5, 0.6) is 0 Å². The third kappa shape index (κ3) is 4.49. The van der Waals surface area contributed by atoms with Crippen LogP contribution >= 0.6 is 11.3 Å². The van der Waals surface area contributed by atoms with Crippen LogP contribution in [0.1, 0.15) is 0 Å². The Hall–Kier alpha value is -4.71. The van der Waals surface area contributed by atoms with Crippen molar-refractivity contribution in [3.63, 3.8) is 0 Å². The molecule has 5 heteroatoms. The lowest BCUT2D eigenvalue weighted by molar-refractivity contribution is 0.598. The average Bonchev–Trinajstić information content (AvgIpc) is 3.67. The Balaban J connectivity index is 0.000000101. The molecule has 0 unspecified atom stereocenters. The molecule has 0 spiro atoms. The molecule has 3 heterocycles. The van der Waals surface area contributed by atoms with Crippen LogP contribution in [0.4, 0.5) is 0 Å². The standard InChI is InChI=1S/C12H8O2S.C12H8O.C12H8S/c13-15(14)11-7-3-1-5-9(11)10-6-2-4-8-12(10)15;2*1-3-7-11-9(5-1)10-6-2-4-8-12(10)13-11/h1-8H;2*1-8H. The molecule has 0 fully saturated rings. The van der Waals surface area contributed by atoms with Gasteiger partial charge in [-0.15, -0.1) is 11.3 Å². The van der Waals surface area contributed by atoms with Gasteiger partial charge in [0.05, 0.1) is 9.79 Å². The molecule has 1 aliphatic heterocycles. The van der Waals surface area contributed by atoms with Crippen LogP contribution < -0.4 is 0 Å². The summed E-state index contributed by atoms with van der Waals surface area (Å²) < 4.78 is 32.6. The zero-order valence-electron chi connectivity index (χ0n) is 21.9. The number of hydrogen-bond donors (Lipinski definition) is 0. The van der Waals surface area contributed by atoms with E-state index in [0.717, 1.165) is 22.3 Å². The molecule has 9 rings (SSSR count). The first-order chi connectivity index (χ1) is 20.1. The number of sulfone groups is 1. The molecule has 2 aromatic heterocycles. The van der Waals surface area contributed by atoms with Gasteiger partial charge in [0.25, 0.3) is 0 Å². The predicted octanol–water partition coefficient (Wildman–Crippen LogP) is 10.1. The molecule has 8 aromatic rings. The minimum Gasteiger partial charge on any atom is -0.456 e. The lowest BCUT2D eigenvalue weighted by Gasteiger charge is -1.95. The highest BCUT2D eigenvalue weighted by Crippen LogP contribution is 2.42. The van der Waals surface area contributed by atoms with Crippen molar-refractivity contribution < 1.29 is 12.8 Å². The van der Waals surface area contributed by atoms with Crippen LogP contribution in [-0.2, 0) is 9.84 Å². The van der Waals surface area contributed by atoms with Crippen LogP contribution in [0.25, 0.3) is 53.2 Å². The number of thiophene rings is 1. The van der Waals surface area contributed by atoms with Gasteiger partial charge in [-0.2, -0.15) is 0 Å². The van der Waals surface area contributed by atoms with E-state index in [1.165, 1.54) is 30.9 Å². The minimum atomic E-state index is -3.26. The van der Waals surface area contributed by atoms with E-state index in [1.54, 1.807) is 24.3 Å². The van der Waals surface area contributed by atoms with Gasteiger partial charge in [-0.1, -0.05) is 109 Å². The second kappa shape index (κ2) is 10.4. The minimum absolute atomic E-state index is 0.422. The van der Waals surface area contributed by atoms with Gasteiger partial charge in [-0.3, -0.25) is 0 Å². The quantitative estimate of drug-likeness (QED) is 0.183. The fourth-order valence-corrected chi connectivity index (χ4v) is 8.11. The summed E-state index contributed by atoms with van der Waals surface area (Å²) in [4.78, 5) is 0.845. The summed E-state index contributed by atoms with van der Waals surface area (Å²) in [7, 11) is -3.26. The van der Waals surface area contributed by atoms with Gasteiger partial charge in [0.2, 0.25) is 9.84 Å². The maximum Gasteiger partial charge on any atom is 0.207 e. The van der Waals surface area contributed by atoms with E-state index >= 15 is 0 Å². The van der Waals surface area contributed by atoms with Gasteiger partial charge in [-0.05, 0) is 36.4 Å². The van der Waals surface area contributed by atoms with Crippen molar-refractivity contribution in [2.24, 2.45) is 0 Å². The average molecular weight is 569 g/mol. The number of hydrogen-bond acceptors (Lipinski definition) is 4. The molecular weight excluding hydrogens is 545 g/mol. The molecule has 6 aromatic carbocycles. The van der Waals surface area contributed by atoms with E-state index in [4.69, 9.17) is 4.42 Å². The van der Waals surface area contributed by atoms with Crippen LogP contribution in [0, 0.1) is 0 Å². The smallest absolute Gasteiger partial charge is 0.207 e. The zero-order valence-corrected chi connectivity index (χ0v) is 23.5. The maximum absolute atomic E-state index is 12.1. The van der Waals surface area contributed by atoms with Gasteiger partial charge in [0.15, 0.2) is 0 Å². The highest BCUT2D eigenvalue weighted by atomic mass is 32.2. The monoisotopic (exact) mass is 568 g/mol. The number of furan rings is 1. The molecule has 0 N–H and O–H groups in total. The van der Waals surface area contributed by atoms with Gasteiger partial charge < -0.3 is 4.42 Å². The lowest BCUT2D eigenvalue weighted by Crippen LogP contribution is -1.95. The topological polar surface area (TPSA) is 47.3 Å². The molecule has 0 radical (unpaired) electrons. The van der Waals surface area contributed by atoms with Crippen LogP contribution in [-0.4, -0.2) is 8.42 Å². The van der Waals surface area contributed by atoms with Crippen molar-refractivity contribution in [1.82, 2.24) is 0 Å². The molecule has 0 aliphatic carbocycles. The summed E-state index contributed by atoms with van der Waals surface area (Å²) >= 11 is 1.86. The van der Waals surface area contributed by atoms with E-state index in [-0.39, 0.29) is 0 Å². The summed E-state index contributed by atoms with van der Waals surface area (Å²) in [6.07, 6.45) is 0. The van der Waals surface area contributed by atoms with Gasteiger partial charge in [0.1, 0.15) is 11.2 Å². The number of rotatable bonds is 0. The molecular formula is C36H24O3S2. The zero-order chi connectivity index (χ0) is 27.8. The molecule has 0 saturated heterocycles. The Morgan fingerprint density at radius 3 is 1.27 bits per heavy atom. The molecule has 0 atom stereocenters. The van der Waals surface area contributed by atoms with Crippen molar-refractivity contribution in [3.8, 4) is 11.1 Å². The highest BCUT2D eigenvalue weighted by Gasteiger charge is 2.31. The fraction of sp³-hybridized carbons (Fsp3) is 0.